The van der Waals surface area contributed by atoms with Crippen molar-refractivity contribution in [3.63, 3.8) is 0 Å². The minimum absolute atomic E-state index is 0.306. The Hall–Kier alpha value is -1.61. The van der Waals surface area contributed by atoms with Crippen molar-refractivity contribution >= 4 is 11.8 Å². The van der Waals surface area contributed by atoms with E-state index in [1.54, 1.807) is 0 Å². The Morgan fingerprint density at radius 3 is 1.35 bits per heavy atom. The Morgan fingerprint density at radius 1 is 0.581 bits per heavy atom. The van der Waals surface area contributed by atoms with Gasteiger partial charge in [0.05, 0.1) is 9.79 Å². The van der Waals surface area contributed by atoms with Crippen LogP contribution in [0.3, 0.4) is 0 Å². The van der Waals surface area contributed by atoms with Crippen molar-refractivity contribution < 1.29 is 10.2 Å². The van der Waals surface area contributed by atoms with E-state index in [0.29, 0.717) is 11.5 Å². The van der Waals surface area contributed by atoms with E-state index in [-0.39, 0.29) is 0 Å². The number of benzene rings is 2. The van der Waals surface area contributed by atoms with E-state index in [9.17, 15) is 10.2 Å². The smallest absolute Gasteiger partial charge is 0.129 e. The largest absolute Gasteiger partial charge is 0.507 e. The summed E-state index contributed by atoms with van der Waals surface area (Å²) in [7, 11) is 0. The zero-order chi connectivity index (χ0) is 22.6. The number of aromatic hydroxyl groups is 2. The first-order valence-electron chi connectivity index (χ1n) is 12.3. The molecule has 0 saturated carbocycles. The fraction of sp³-hybridized carbons (Fsp3) is 0.571. The van der Waals surface area contributed by atoms with Crippen molar-refractivity contribution in [2.75, 3.05) is 0 Å². The minimum atomic E-state index is 0.306. The third-order valence-electron chi connectivity index (χ3n) is 6.30. The summed E-state index contributed by atoms with van der Waals surface area (Å²) >= 11 is 1.52. The maximum atomic E-state index is 10.6. The summed E-state index contributed by atoms with van der Waals surface area (Å²) in [6.45, 7) is 8.69. The average molecular weight is 443 g/mol. The van der Waals surface area contributed by atoms with Crippen molar-refractivity contribution in [3.8, 4) is 11.5 Å². The van der Waals surface area contributed by atoms with E-state index >= 15 is 0 Å². The number of unbranched alkanes of at least 4 members (excludes halogenated alkanes) is 8. The molecule has 0 saturated heterocycles. The number of phenols is 2. The second-order valence-corrected chi connectivity index (χ2v) is 9.85. The van der Waals surface area contributed by atoms with Gasteiger partial charge >= 0.3 is 0 Å². The Balaban J connectivity index is 2.13. The maximum absolute atomic E-state index is 10.6. The Bertz CT molecular complexity index is 746. The van der Waals surface area contributed by atoms with Gasteiger partial charge in [0.1, 0.15) is 11.5 Å². The lowest BCUT2D eigenvalue weighted by atomic mass is 10.0. The zero-order valence-corrected chi connectivity index (χ0v) is 20.9. The number of hydrogen-bond acceptors (Lipinski definition) is 3. The maximum Gasteiger partial charge on any atom is 0.129 e. The van der Waals surface area contributed by atoms with Gasteiger partial charge in [-0.05, 0) is 73.9 Å². The molecule has 0 unspecified atom stereocenters. The molecule has 2 nitrogen and oxygen atoms in total. The van der Waals surface area contributed by atoms with Gasteiger partial charge in [-0.2, -0.15) is 0 Å². The number of aryl methyl sites for hydroxylation is 2. The first kappa shape index (κ1) is 25.6. The first-order valence-corrected chi connectivity index (χ1v) is 13.1. The molecule has 0 aliphatic rings. The molecule has 0 heterocycles. The molecule has 0 atom stereocenters. The molecular weight excluding hydrogens is 400 g/mol. The molecule has 172 valence electrons. The summed E-state index contributed by atoms with van der Waals surface area (Å²) in [5.41, 5.74) is 4.90. The van der Waals surface area contributed by atoms with Gasteiger partial charge in [-0.25, -0.2) is 0 Å². The SMILES string of the molecule is CCCCCCCc1ccc(O)c(Sc2c(O)ccc(CCCCCCC)c2C)c1C. The summed E-state index contributed by atoms with van der Waals surface area (Å²) in [6, 6.07) is 7.77. The van der Waals surface area contributed by atoms with Gasteiger partial charge < -0.3 is 10.2 Å². The summed E-state index contributed by atoms with van der Waals surface area (Å²) < 4.78 is 0. The van der Waals surface area contributed by atoms with Gasteiger partial charge in [-0.1, -0.05) is 89.1 Å². The fourth-order valence-corrected chi connectivity index (χ4v) is 5.29. The molecule has 0 aliphatic carbocycles. The van der Waals surface area contributed by atoms with Crippen LogP contribution in [0.25, 0.3) is 0 Å². The molecule has 2 N–H and O–H groups in total. The summed E-state index contributed by atoms with van der Waals surface area (Å²) in [5.74, 6) is 0.613. The van der Waals surface area contributed by atoms with Crippen molar-refractivity contribution in [2.24, 2.45) is 0 Å². The lowest BCUT2D eigenvalue weighted by molar-refractivity contribution is 0.458. The first-order chi connectivity index (χ1) is 15.0. The lowest BCUT2D eigenvalue weighted by Gasteiger charge is -2.17. The van der Waals surface area contributed by atoms with Crippen LogP contribution in [-0.4, -0.2) is 10.2 Å². The monoisotopic (exact) mass is 442 g/mol. The quantitative estimate of drug-likeness (QED) is 0.287. The fourth-order valence-electron chi connectivity index (χ4n) is 4.18. The van der Waals surface area contributed by atoms with Gasteiger partial charge in [-0.3, -0.25) is 0 Å². The predicted octanol–water partition coefficient (Wildman–Crippen LogP) is 8.89. The van der Waals surface area contributed by atoms with Gasteiger partial charge in [0.15, 0.2) is 0 Å². The number of rotatable bonds is 14. The van der Waals surface area contributed by atoms with Crippen molar-refractivity contribution in [1.82, 2.24) is 0 Å². The molecule has 0 aromatic heterocycles. The number of hydrogen-bond donors (Lipinski definition) is 2. The van der Waals surface area contributed by atoms with Crippen molar-refractivity contribution in [3.05, 3.63) is 46.5 Å². The molecule has 0 fully saturated rings. The molecule has 2 aromatic rings. The van der Waals surface area contributed by atoms with Crippen LogP contribution in [-0.2, 0) is 12.8 Å². The molecule has 2 aromatic carbocycles. The third kappa shape index (κ3) is 7.79. The standard InChI is InChI=1S/C28H42O2S/c1-5-7-9-11-13-15-23-17-19-25(29)27(21(23)3)31-28-22(4)24(18-20-26(28)30)16-14-12-10-8-6-2/h17-20,29-30H,5-16H2,1-4H3. The molecule has 31 heavy (non-hydrogen) atoms. The van der Waals surface area contributed by atoms with Gasteiger partial charge in [-0.15, -0.1) is 0 Å². The van der Waals surface area contributed by atoms with Crippen LogP contribution >= 0.6 is 11.8 Å². The molecule has 0 aliphatic heterocycles. The second-order valence-electron chi connectivity index (χ2n) is 8.83. The van der Waals surface area contributed by atoms with E-state index in [1.165, 1.54) is 87.1 Å². The minimum Gasteiger partial charge on any atom is -0.507 e. The summed E-state index contributed by atoms with van der Waals surface area (Å²) in [4.78, 5) is 1.76. The van der Waals surface area contributed by atoms with Crippen LogP contribution in [0.4, 0.5) is 0 Å². The topological polar surface area (TPSA) is 40.5 Å². The molecule has 0 radical (unpaired) electrons. The van der Waals surface area contributed by atoms with Crippen LogP contribution < -0.4 is 0 Å². The highest BCUT2D eigenvalue weighted by Crippen LogP contribution is 2.44. The Morgan fingerprint density at radius 2 is 0.968 bits per heavy atom. The van der Waals surface area contributed by atoms with Crippen LogP contribution in [0.15, 0.2) is 34.1 Å². The second kappa shape index (κ2) is 13.7. The average Bonchev–Trinajstić information content (AvgIpc) is 2.75. The van der Waals surface area contributed by atoms with Crippen molar-refractivity contribution in [2.45, 2.75) is 115 Å². The Labute approximate surface area is 194 Å². The predicted molar refractivity (Wildman–Crippen MR) is 135 cm³/mol. The molecule has 2 rings (SSSR count). The van der Waals surface area contributed by atoms with Crippen LogP contribution in [0.1, 0.15) is 100 Å². The molecule has 3 heteroatoms. The van der Waals surface area contributed by atoms with Gasteiger partial charge in [0.2, 0.25) is 0 Å². The highest BCUT2D eigenvalue weighted by atomic mass is 32.2. The highest BCUT2D eigenvalue weighted by Gasteiger charge is 2.16. The molecule has 0 amide bonds. The van der Waals surface area contributed by atoms with Crippen molar-refractivity contribution in [1.29, 1.82) is 0 Å². The lowest BCUT2D eigenvalue weighted by Crippen LogP contribution is -1.96. The number of phenolic OH excluding ortho intramolecular Hbond substituents is 2. The van der Waals surface area contributed by atoms with Crippen LogP contribution in [0.5, 0.6) is 11.5 Å². The van der Waals surface area contributed by atoms with Crippen LogP contribution in [0, 0.1) is 13.8 Å². The van der Waals surface area contributed by atoms with E-state index in [1.807, 2.05) is 12.1 Å². The molecule has 0 spiro atoms. The molecule has 0 bridgehead atoms. The van der Waals surface area contributed by atoms with Crippen LogP contribution in [0.2, 0.25) is 0 Å². The molecular formula is C28H42O2S. The summed E-state index contributed by atoms with van der Waals surface area (Å²) in [6.07, 6.45) is 14.7. The normalized spacial score (nSPS) is 11.2. The third-order valence-corrected chi connectivity index (χ3v) is 7.74. The van der Waals surface area contributed by atoms with E-state index in [4.69, 9.17) is 0 Å². The van der Waals surface area contributed by atoms with E-state index < -0.39 is 0 Å². The van der Waals surface area contributed by atoms with Gasteiger partial charge in [0, 0.05) is 0 Å². The zero-order valence-electron chi connectivity index (χ0n) is 20.1. The Kier molecular flexibility index (Phi) is 11.4. The van der Waals surface area contributed by atoms with Gasteiger partial charge in [0.25, 0.3) is 0 Å². The summed E-state index contributed by atoms with van der Waals surface area (Å²) in [5, 5.41) is 21.2. The van der Waals surface area contributed by atoms with E-state index in [0.717, 1.165) is 33.8 Å². The highest BCUT2D eigenvalue weighted by molar-refractivity contribution is 7.99. The van der Waals surface area contributed by atoms with E-state index in [2.05, 4.69) is 39.8 Å².